The topological polar surface area (TPSA) is 84.5 Å². The second-order valence-electron chi connectivity index (χ2n) is 5.94. The van der Waals surface area contributed by atoms with Gasteiger partial charge < -0.3 is 15.4 Å². The van der Waals surface area contributed by atoms with Crippen molar-refractivity contribution in [2.75, 3.05) is 18.8 Å². The summed E-state index contributed by atoms with van der Waals surface area (Å²) in [5.41, 5.74) is -0.575. The summed E-state index contributed by atoms with van der Waals surface area (Å²) in [7, 11) is -3.10. The van der Waals surface area contributed by atoms with E-state index in [0.29, 0.717) is 13.1 Å². The molecule has 2 N–H and O–H groups in total. The number of ether oxygens (including phenoxy) is 1. The molecule has 2 heterocycles. The average molecular weight is 276 g/mol. The minimum absolute atomic E-state index is 0.0171. The van der Waals surface area contributed by atoms with Crippen molar-refractivity contribution >= 4 is 15.9 Å². The molecule has 0 spiro atoms. The first-order valence-electron chi connectivity index (χ1n) is 6.11. The van der Waals surface area contributed by atoms with E-state index in [0.717, 1.165) is 0 Å². The number of hydrogen-bond acceptors (Lipinski definition) is 5. The van der Waals surface area contributed by atoms with Crippen LogP contribution in [0.15, 0.2) is 0 Å². The lowest BCUT2D eigenvalue weighted by molar-refractivity contribution is 0.0499. The fraction of sp³-hybridized carbons (Fsp3) is 0.909. The zero-order valence-electron chi connectivity index (χ0n) is 10.9. The quantitative estimate of drug-likeness (QED) is 0.698. The molecule has 2 fully saturated rings. The predicted molar refractivity (Wildman–Crippen MR) is 67.1 cm³/mol. The molecule has 0 saturated carbocycles. The monoisotopic (exact) mass is 276 g/mol. The van der Waals surface area contributed by atoms with Crippen molar-refractivity contribution < 1.29 is 17.9 Å². The van der Waals surface area contributed by atoms with Crippen LogP contribution >= 0.6 is 0 Å². The minimum Gasteiger partial charge on any atom is -0.444 e. The van der Waals surface area contributed by atoms with E-state index in [1.54, 1.807) is 20.8 Å². The van der Waals surface area contributed by atoms with Crippen molar-refractivity contribution in [1.82, 2.24) is 10.6 Å². The largest absolute Gasteiger partial charge is 0.444 e. The Bertz CT molecular complexity index is 440. The van der Waals surface area contributed by atoms with Gasteiger partial charge >= 0.3 is 6.09 Å². The highest BCUT2D eigenvalue weighted by Gasteiger charge is 2.50. The molecule has 7 heteroatoms. The van der Waals surface area contributed by atoms with E-state index >= 15 is 0 Å². The highest BCUT2D eigenvalue weighted by molar-refractivity contribution is 7.92. The van der Waals surface area contributed by atoms with Crippen LogP contribution < -0.4 is 10.6 Å². The molecule has 2 aliphatic heterocycles. The number of amides is 1. The Morgan fingerprint density at radius 1 is 1.33 bits per heavy atom. The van der Waals surface area contributed by atoms with Crippen LogP contribution in [0.2, 0.25) is 0 Å². The molecule has 1 amide bonds. The van der Waals surface area contributed by atoms with E-state index < -0.39 is 21.5 Å². The minimum atomic E-state index is -3.10. The molecule has 0 radical (unpaired) electrons. The summed E-state index contributed by atoms with van der Waals surface area (Å²) in [6, 6.07) is -0.343. The Morgan fingerprint density at radius 3 is 2.61 bits per heavy atom. The molecule has 2 rings (SSSR count). The fourth-order valence-electron chi connectivity index (χ4n) is 2.57. The first kappa shape index (κ1) is 13.6. The van der Waals surface area contributed by atoms with Gasteiger partial charge in [0.15, 0.2) is 9.84 Å². The van der Waals surface area contributed by atoms with Crippen LogP contribution in [-0.2, 0) is 14.6 Å². The Labute approximate surface area is 107 Å². The van der Waals surface area contributed by atoms with Crippen molar-refractivity contribution in [1.29, 1.82) is 0 Å². The van der Waals surface area contributed by atoms with Gasteiger partial charge in [0.1, 0.15) is 5.60 Å². The van der Waals surface area contributed by atoms with Gasteiger partial charge in [0, 0.05) is 19.0 Å². The van der Waals surface area contributed by atoms with Crippen molar-refractivity contribution in [3.63, 3.8) is 0 Å². The van der Waals surface area contributed by atoms with Gasteiger partial charge in [0.05, 0.1) is 17.0 Å². The molecule has 0 aromatic rings. The molecule has 0 unspecified atom stereocenters. The van der Waals surface area contributed by atoms with Gasteiger partial charge in [-0.25, -0.2) is 13.2 Å². The molecule has 0 aliphatic carbocycles. The molecule has 104 valence electrons. The maximum absolute atomic E-state index is 11.9. The third-order valence-electron chi connectivity index (χ3n) is 3.30. The van der Waals surface area contributed by atoms with Crippen molar-refractivity contribution in [3.8, 4) is 0 Å². The number of fused-ring (bicyclic) bond motifs is 1. The summed E-state index contributed by atoms with van der Waals surface area (Å²) >= 11 is 0. The van der Waals surface area contributed by atoms with E-state index in [1.807, 2.05) is 0 Å². The number of alkyl carbamates (subject to hydrolysis) is 1. The summed E-state index contributed by atoms with van der Waals surface area (Å²) in [5.74, 6) is -0.0222. The number of rotatable bonds is 1. The van der Waals surface area contributed by atoms with Gasteiger partial charge in [0.25, 0.3) is 0 Å². The standard InChI is InChI=1S/C11H20N2O4S/c1-11(2,3)17-10(14)13-8-6-18(15,16)9-5-12-4-7(8)9/h7-9,12H,4-6H2,1-3H3,(H,13,14)/t7-,8-,9+/m0/s1. The smallest absolute Gasteiger partial charge is 0.407 e. The highest BCUT2D eigenvalue weighted by Crippen LogP contribution is 2.30. The van der Waals surface area contributed by atoms with E-state index in [-0.39, 0.29) is 23.0 Å². The van der Waals surface area contributed by atoms with Crippen LogP contribution in [0.25, 0.3) is 0 Å². The third-order valence-corrected chi connectivity index (χ3v) is 5.56. The normalized spacial score (nSPS) is 34.1. The summed E-state index contributed by atoms with van der Waals surface area (Å²) < 4.78 is 28.9. The average Bonchev–Trinajstić information content (AvgIpc) is 2.67. The van der Waals surface area contributed by atoms with E-state index in [4.69, 9.17) is 4.74 Å². The molecule has 6 nitrogen and oxygen atoms in total. The number of hydrogen-bond donors (Lipinski definition) is 2. The van der Waals surface area contributed by atoms with Gasteiger partial charge in [-0.05, 0) is 20.8 Å². The van der Waals surface area contributed by atoms with Crippen LogP contribution in [0.4, 0.5) is 4.79 Å². The number of nitrogens with one attached hydrogen (secondary N) is 2. The van der Waals surface area contributed by atoms with Crippen LogP contribution in [0, 0.1) is 5.92 Å². The van der Waals surface area contributed by atoms with Gasteiger partial charge in [-0.2, -0.15) is 0 Å². The zero-order chi connectivity index (χ0) is 13.6. The van der Waals surface area contributed by atoms with E-state index in [1.165, 1.54) is 0 Å². The summed E-state index contributed by atoms with van der Waals surface area (Å²) in [4.78, 5) is 11.7. The fourth-order valence-corrected chi connectivity index (χ4v) is 4.84. The lowest BCUT2D eigenvalue weighted by atomic mass is 10.0. The summed E-state index contributed by atoms with van der Waals surface area (Å²) in [6.07, 6.45) is -0.546. The van der Waals surface area contributed by atoms with Crippen molar-refractivity contribution in [2.24, 2.45) is 5.92 Å². The molecule has 2 aliphatic rings. The molecule has 0 aromatic heterocycles. The van der Waals surface area contributed by atoms with Crippen LogP contribution in [0.3, 0.4) is 0 Å². The van der Waals surface area contributed by atoms with Crippen LogP contribution in [-0.4, -0.2) is 50.2 Å². The number of sulfone groups is 1. The Kier molecular flexibility index (Phi) is 3.31. The molecule has 18 heavy (non-hydrogen) atoms. The van der Waals surface area contributed by atoms with E-state index in [9.17, 15) is 13.2 Å². The molecule has 3 atom stereocenters. The van der Waals surface area contributed by atoms with Gasteiger partial charge in [-0.1, -0.05) is 0 Å². The van der Waals surface area contributed by atoms with Gasteiger partial charge in [-0.3, -0.25) is 0 Å². The van der Waals surface area contributed by atoms with Crippen molar-refractivity contribution in [2.45, 2.75) is 37.7 Å². The predicted octanol–water partition coefficient (Wildman–Crippen LogP) is -0.104. The molecule has 0 aromatic carbocycles. The molecule has 0 bridgehead atoms. The Hall–Kier alpha value is -0.820. The first-order valence-corrected chi connectivity index (χ1v) is 7.82. The van der Waals surface area contributed by atoms with Crippen LogP contribution in [0.5, 0.6) is 0 Å². The maximum Gasteiger partial charge on any atom is 0.407 e. The Balaban J connectivity index is 2.01. The summed E-state index contributed by atoms with van der Waals surface area (Å²) in [5, 5.41) is 5.38. The lowest BCUT2D eigenvalue weighted by Crippen LogP contribution is -2.44. The Morgan fingerprint density at radius 2 is 2.00 bits per heavy atom. The zero-order valence-corrected chi connectivity index (χ0v) is 11.7. The summed E-state index contributed by atoms with van der Waals surface area (Å²) in [6.45, 7) is 6.44. The first-order chi connectivity index (χ1) is 8.19. The van der Waals surface area contributed by atoms with E-state index in [2.05, 4.69) is 10.6 Å². The molecular formula is C11H20N2O4S. The van der Waals surface area contributed by atoms with Gasteiger partial charge in [0.2, 0.25) is 0 Å². The second kappa shape index (κ2) is 4.38. The number of carbonyl (C=O) groups excluding carboxylic acids is 1. The highest BCUT2D eigenvalue weighted by atomic mass is 32.2. The molecule has 2 saturated heterocycles. The third kappa shape index (κ3) is 2.77. The second-order valence-corrected chi connectivity index (χ2v) is 8.21. The molecular weight excluding hydrogens is 256 g/mol. The SMILES string of the molecule is CC(C)(C)OC(=O)N[C@H]1CS(=O)(=O)[C@@H]2CNC[C@@H]12. The number of carbonyl (C=O) groups is 1. The maximum atomic E-state index is 11.9. The van der Waals surface area contributed by atoms with Crippen molar-refractivity contribution in [3.05, 3.63) is 0 Å². The lowest BCUT2D eigenvalue weighted by Gasteiger charge is -2.23. The van der Waals surface area contributed by atoms with Crippen LogP contribution in [0.1, 0.15) is 20.8 Å². The van der Waals surface area contributed by atoms with Gasteiger partial charge in [-0.15, -0.1) is 0 Å².